The number of carbonyl (C=O) groups excluding carboxylic acids is 1. The molecule has 0 aromatic heterocycles. The van der Waals surface area contributed by atoms with E-state index in [1.54, 1.807) is 0 Å². The molecule has 1 saturated carbocycles. The lowest BCUT2D eigenvalue weighted by molar-refractivity contribution is -0.124. The van der Waals surface area contributed by atoms with Crippen LogP contribution in [0.2, 0.25) is 0 Å². The van der Waals surface area contributed by atoms with Crippen LogP contribution in [0.25, 0.3) is 0 Å². The summed E-state index contributed by atoms with van der Waals surface area (Å²) in [5.74, 6) is 0.485. The number of aliphatic hydroxyl groups excluding tert-OH is 1. The van der Waals surface area contributed by atoms with Gasteiger partial charge in [0.15, 0.2) is 0 Å². The Hall–Kier alpha value is -0.370. The molecular formula is C7H12O2. The summed E-state index contributed by atoms with van der Waals surface area (Å²) >= 11 is 0. The highest BCUT2D eigenvalue weighted by molar-refractivity contribution is 5.79. The van der Waals surface area contributed by atoms with Gasteiger partial charge in [-0.3, -0.25) is 4.79 Å². The smallest absolute Gasteiger partial charge is 0.133 e. The van der Waals surface area contributed by atoms with Crippen molar-refractivity contribution < 1.29 is 9.90 Å². The van der Waals surface area contributed by atoms with E-state index in [9.17, 15) is 4.79 Å². The summed E-state index contributed by atoms with van der Waals surface area (Å²) in [5.41, 5.74) is 0. The lowest BCUT2D eigenvalue weighted by Gasteiger charge is -2.22. The summed E-state index contributed by atoms with van der Waals surface area (Å²) in [6, 6.07) is 0. The molecule has 1 aliphatic rings. The standard InChI is InChI=1S/C7H12O2/c1-5-4-6(8)2-3-7(5)9/h5,7,9H,2-4H2,1H3/t5-,7+/m1/s1. The minimum Gasteiger partial charge on any atom is -0.393 e. The van der Waals surface area contributed by atoms with Gasteiger partial charge < -0.3 is 5.11 Å². The van der Waals surface area contributed by atoms with Gasteiger partial charge in [-0.25, -0.2) is 0 Å². The SMILES string of the molecule is C[C@@H]1CC(=O)CC[C@@H]1O. The van der Waals surface area contributed by atoms with E-state index in [1.165, 1.54) is 0 Å². The van der Waals surface area contributed by atoms with Gasteiger partial charge in [0.1, 0.15) is 5.78 Å². The predicted molar refractivity (Wildman–Crippen MR) is 34.0 cm³/mol. The van der Waals surface area contributed by atoms with E-state index in [4.69, 9.17) is 5.11 Å². The highest BCUT2D eigenvalue weighted by atomic mass is 16.3. The van der Waals surface area contributed by atoms with Crippen molar-refractivity contribution in [2.45, 2.75) is 32.3 Å². The van der Waals surface area contributed by atoms with Crippen molar-refractivity contribution in [3.05, 3.63) is 0 Å². The third-order valence-corrected chi connectivity index (χ3v) is 1.93. The van der Waals surface area contributed by atoms with E-state index in [0.29, 0.717) is 25.0 Å². The number of ketones is 1. The van der Waals surface area contributed by atoms with Crippen LogP contribution in [0.1, 0.15) is 26.2 Å². The first-order valence-electron chi connectivity index (χ1n) is 3.40. The molecule has 0 aliphatic heterocycles. The first-order valence-corrected chi connectivity index (χ1v) is 3.40. The molecule has 2 heteroatoms. The second-order valence-corrected chi connectivity index (χ2v) is 2.83. The summed E-state index contributed by atoms with van der Waals surface area (Å²) in [4.78, 5) is 10.7. The van der Waals surface area contributed by atoms with Crippen LogP contribution in [0.15, 0.2) is 0 Å². The average molecular weight is 128 g/mol. The van der Waals surface area contributed by atoms with Crippen LogP contribution in [-0.4, -0.2) is 17.0 Å². The molecule has 1 rings (SSSR count). The van der Waals surface area contributed by atoms with Crippen LogP contribution in [0, 0.1) is 5.92 Å². The second-order valence-electron chi connectivity index (χ2n) is 2.83. The van der Waals surface area contributed by atoms with Gasteiger partial charge in [-0.2, -0.15) is 0 Å². The molecule has 0 aromatic rings. The van der Waals surface area contributed by atoms with Crippen molar-refractivity contribution in [3.8, 4) is 0 Å². The molecule has 2 nitrogen and oxygen atoms in total. The number of aliphatic hydroxyl groups is 1. The van der Waals surface area contributed by atoms with Gasteiger partial charge in [0.2, 0.25) is 0 Å². The summed E-state index contributed by atoms with van der Waals surface area (Å²) in [6.07, 6.45) is 1.58. The molecule has 0 radical (unpaired) electrons. The molecule has 2 atom stereocenters. The van der Waals surface area contributed by atoms with E-state index in [0.717, 1.165) is 0 Å². The van der Waals surface area contributed by atoms with Gasteiger partial charge in [-0.1, -0.05) is 6.92 Å². The van der Waals surface area contributed by atoms with Crippen molar-refractivity contribution >= 4 is 5.78 Å². The maximum absolute atomic E-state index is 10.7. The van der Waals surface area contributed by atoms with Gasteiger partial charge in [0, 0.05) is 12.8 Å². The van der Waals surface area contributed by atoms with E-state index < -0.39 is 0 Å². The molecule has 1 fully saturated rings. The van der Waals surface area contributed by atoms with Crippen molar-refractivity contribution in [3.63, 3.8) is 0 Å². The van der Waals surface area contributed by atoms with E-state index >= 15 is 0 Å². The van der Waals surface area contributed by atoms with Crippen molar-refractivity contribution in [2.75, 3.05) is 0 Å². The number of rotatable bonds is 0. The first kappa shape index (κ1) is 6.75. The van der Waals surface area contributed by atoms with Gasteiger partial charge in [0.25, 0.3) is 0 Å². The fraction of sp³-hybridized carbons (Fsp3) is 0.857. The van der Waals surface area contributed by atoms with Gasteiger partial charge in [-0.05, 0) is 12.3 Å². The number of hydrogen-bond acceptors (Lipinski definition) is 2. The molecule has 0 saturated heterocycles. The number of carbonyl (C=O) groups is 1. The molecule has 0 heterocycles. The lowest BCUT2D eigenvalue weighted by Crippen LogP contribution is -2.26. The molecule has 0 unspecified atom stereocenters. The molecule has 1 N–H and O–H groups in total. The molecular weight excluding hydrogens is 116 g/mol. The minimum absolute atomic E-state index is 0.186. The van der Waals surface area contributed by atoms with Gasteiger partial charge in [-0.15, -0.1) is 0 Å². The van der Waals surface area contributed by atoms with E-state index in [1.807, 2.05) is 6.92 Å². The van der Waals surface area contributed by atoms with Crippen molar-refractivity contribution in [1.29, 1.82) is 0 Å². The minimum atomic E-state index is -0.234. The fourth-order valence-electron chi connectivity index (χ4n) is 1.19. The first-order chi connectivity index (χ1) is 4.20. The quantitative estimate of drug-likeness (QED) is 0.522. The zero-order chi connectivity index (χ0) is 6.85. The number of Topliss-reactive ketones (excluding diaryl/α,β-unsaturated/α-hetero) is 1. The van der Waals surface area contributed by atoms with Gasteiger partial charge in [0.05, 0.1) is 6.10 Å². The largest absolute Gasteiger partial charge is 0.393 e. The Morgan fingerprint density at radius 3 is 2.78 bits per heavy atom. The van der Waals surface area contributed by atoms with Crippen LogP contribution in [0.4, 0.5) is 0 Å². The summed E-state index contributed by atoms with van der Waals surface area (Å²) in [5, 5.41) is 9.14. The molecule has 0 aromatic carbocycles. The second kappa shape index (κ2) is 2.48. The normalized spacial score (nSPS) is 36.9. The van der Waals surface area contributed by atoms with Crippen LogP contribution in [0.5, 0.6) is 0 Å². The van der Waals surface area contributed by atoms with E-state index in [-0.39, 0.29) is 12.0 Å². The fourth-order valence-corrected chi connectivity index (χ4v) is 1.19. The predicted octanol–water partition coefficient (Wildman–Crippen LogP) is 0.736. The van der Waals surface area contributed by atoms with Crippen LogP contribution >= 0.6 is 0 Å². The molecule has 1 aliphatic carbocycles. The monoisotopic (exact) mass is 128 g/mol. The summed E-state index contributed by atoms with van der Waals surface area (Å²) in [7, 11) is 0. The molecule has 0 spiro atoms. The summed E-state index contributed by atoms with van der Waals surface area (Å²) < 4.78 is 0. The Morgan fingerprint density at radius 2 is 2.33 bits per heavy atom. The Kier molecular flexibility index (Phi) is 1.86. The Morgan fingerprint density at radius 1 is 1.67 bits per heavy atom. The maximum Gasteiger partial charge on any atom is 0.133 e. The highest BCUT2D eigenvalue weighted by Gasteiger charge is 2.23. The van der Waals surface area contributed by atoms with E-state index in [2.05, 4.69) is 0 Å². The molecule has 9 heavy (non-hydrogen) atoms. The van der Waals surface area contributed by atoms with Gasteiger partial charge >= 0.3 is 0 Å². The van der Waals surface area contributed by atoms with Crippen LogP contribution in [0.3, 0.4) is 0 Å². The van der Waals surface area contributed by atoms with Crippen molar-refractivity contribution in [2.24, 2.45) is 5.92 Å². The molecule has 52 valence electrons. The van der Waals surface area contributed by atoms with Crippen molar-refractivity contribution in [1.82, 2.24) is 0 Å². The Bertz CT molecular complexity index is 120. The third kappa shape index (κ3) is 1.52. The lowest BCUT2D eigenvalue weighted by atomic mass is 9.87. The Balaban J connectivity index is 2.44. The molecule has 0 bridgehead atoms. The third-order valence-electron chi connectivity index (χ3n) is 1.93. The summed E-state index contributed by atoms with van der Waals surface area (Å²) in [6.45, 7) is 1.92. The highest BCUT2D eigenvalue weighted by Crippen LogP contribution is 2.20. The topological polar surface area (TPSA) is 37.3 Å². The zero-order valence-corrected chi connectivity index (χ0v) is 5.63. The maximum atomic E-state index is 10.7. The van der Waals surface area contributed by atoms with Crippen LogP contribution < -0.4 is 0 Å². The molecule has 0 amide bonds. The van der Waals surface area contributed by atoms with Crippen LogP contribution in [-0.2, 0) is 4.79 Å². The zero-order valence-electron chi connectivity index (χ0n) is 5.63. The average Bonchev–Trinajstić information content (AvgIpc) is 1.80. The Labute approximate surface area is 54.9 Å². The number of hydrogen-bond donors (Lipinski definition) is 1.